The zero-order chi connectivity index (χ0) is 18.0. The van der Waals surface area contributed by atoms with Crippen LogP contribution in [-0.2, 0) is 25.7 Å². The molecule has 1 fully saturated rings. The summed E-state index contributed by atoms with van der Waals surface area (Å²) in [5.41, 5.74) is 1.48. The van der Waals surface area contributed by atoms with E-state index in [1.165, 1.54) is 7.11 Å². The Morgan fingerprint density at radius 1 is 1.32 bits per heavy atom. The maximum atomic E-state index is 13.0. The summed E-state index contributed by atoms with van der Waals surface area (Å²) in [6.45, 7) is 3.51. The van der Waals surface area contributed by atoms with Crippen molar-refractivity contribution >= 4 is 17.8 Å². The van der Waals surface area contributed by atoms with Crippen LogP contribution in [0.5, 0.6) is 0 Å². The Labute approximate surface area is 146 Å². The Balaban J connectivity index is 1.66. The number of carbonyl (C=O) groups excluding carboxylic acids is 3. The van der Waals surface area contributed by atoms with E-state index in [-0.39, 0.29) is 17.7 Å². The summed E-state index contributed by atoms with van der Waals surface area (Å²) >= 11 is 0. The lowest BCUT2D eigenvalue weighted by Gasteiger charge is -2.34. The molecule has 1 saturated heterocycles. The molecule has 25 heavy (non-hydrogen) atoms. The predicted molar refractivity (Wildman–Crippen MR) is 88.1 cm³/mol. The molecule has 0 aliphatic carbocycles. The number of piperidine rings is 1. The Morgan fingerprint density at radius 3 is 2.68 bits per heavy atom. The molecule has 1 aromatic heterocycles. The molecule has 1 atom stereocenters. The standard InChI is InChI=1S/C17H24N4O4/c1-3-4-14(22)20-7-5-11(6-8-20)16(23)21-10-13-12(9-18-19-13)15(21)17(24)25-2/h9,11,15H,3-8,10H2,1-2H3,(H,18,19). The number of fused-ring (bicyclic) bond motifs is 1. The first-order valence-corrected chi connectivity index (χ1v) is 8.75. The molecule has 8 heteroatoms. The zero-order valence-electron chi connectivity index (χ0n) is 14.7. The van der Waals surface area contributed by atoms with Gasteiger partial charge in [-0.1, -0.05) is 6.92 Å². The van der Waals surface area contributed by atoms with E-state index < -0.39 is 12.0 Å². The van der Waals surface area contributed by atoms with Gasteiger partial charge in [0, 0.05) is 31.0 Å². The Bertz CT molecular complexity index is 663. The molecular formula is C17H24N4O4. The van der Waals surface area contributed by atoms with Crippen LogP contribution in [0.2, 0.25) is 0 Å². The average Bonchev–Trinajstić information content (AvgIpc) is 3.21. The molecule has 2 aliphatic rings. The monoisotopic (exact) mass is 348 g/mol. The summed E-state index contributed by atoms with van der Waals surface area (Å²) in [6, 6.07) is -0.731. The first kappa shape index (κ1) is 17.4. The molecule has 2 amide bonds. The summed E-state index contributed by atoms with van der Waals surface area (Å²) < 4.78 is 4.88. The molecule has 136 valence electrons. The molecule has 3 heterocycles. The van der Waals surface area contributed by atoms with Crippen molar-refractivity contribution in [1.82, 2.24) is 20.0 Å². The fraction of sp³-hybridized carbons (Fsp3) is 0.647. The summed E-state index contributed by atoms with van der Waals surface area (Å²) in [4.78, 5) is 40.5. The minimum Gasteiger partial charge on any atom is -0.467 e. The highest BCUT2D eigenvalue weighted by Gasteiger charge is 2.43. The first-order valence-electron chi connectivity index (χ1n) is 8.75. The Kier molecular flexibility index (Phi) is 5.06. The number of H-pyrrole nitrogens is 1. The average molecular weight is 348 g/mol. The van der Waals surface area contributed by atoms with Crippen molar-refractivity contribution in [2.45, 2.75) is 45.2 Å². The van der Waals surface area contributed by atoms with E-state index in [0.29, 0.717) is 44.5 Å². The van der Waals surface area contributed by atoms with Gasteiger partial charge in [-0.2, -0.15) is 5.10 Å². The number of hydrogen-bond acceptors (Lipinski definition) is 5. The number of ether oxygens (including phenoxy) is 1. The van der Waals surface area contributed by atoms with Gasteiger partial charge in [-0.25, -0.2) is 4.79 Å². The molecule has 0 saturated carbocycles. The van der Waals surface area contributed by atoms with Gasteiger partial charge in [0.2, 0.25) is 11.8 Å². The number of aromatic amines is 1. The zero-order valence-corrected chi connectivity index (χ0v) is 14.7. The number of methoxy groups -OCH3 is 1. The molecule has 1 N–H and O–H groups in total. The Morgan fingerprint density at radius 2 is 2.04 bits per heavy atom. The normalized spacial score (nSPS) is 20.5. The van der Waals surface area contributed by atoms with Crippen LogP contribution in [0.3, 0.4) is 0 Å². The number of nitrogens with zero attached hydrogens (tertiary/aromatic N) is 3. The second-order valence-corrected chi connectivity index (χ2v) is 6.60. The van der Waals surface area contributed by atoms with Crippen molar-refractivity contribution < 1.29 is 19.1 Å². The summed E-state index contributed by atoms with van der Waals surface area (Å²) in [6.07, 6.45) is 4.22. The summed E-state index contributed by atoms with van der Waals surface area (Å²) in [5, 5.41) is 6.79. The third kappa shape index (κ3) is 3.25. The van der Waals surface area contributed by atoms with Crippen molar-refractivity contribution in [3.63, 3.8) is 0 Å². The maximum Gasteiger partial charge on any atom is 0.333 e. The molecule has 0 radical (unpaired) electrons. The van der Waals surface area contributed by atoms with Gasteiger partial charge < -0.3 is 14.5 Å². The quantitative estimate of drug-likeness (QED) is 0.819. The van der Waals surface area contributed by atoms with Gasteiger partial charge in [0.15, 0.2) is 6.04 Å². The molecule has 0 bridgehead atoms. The maximum absolute atomic E-state index is 13.0. The smallest absolute Gasteiger partial charge is 0.333 e. The number of carbonyl (C=O) groups is 3. The molecule has 3 rings (SSSR count). The van der Waals surface area contributed by atoms with Crippen molar-refractivity contribution in [3.05, 3.63) is 17.5 Å². The second-order valence-electron chi connectivity index (χ2n) is 6.60. The minimum atomic E-state index is -0.731. The van der Waals surface area contributed by atoms with Gasteiger partial charge in [-0.15, -0.1) is 0 Å². The van der Waals surface area contributed by atoms with Crippen molar-refractivity contribution in [1.29, 1.82) is 0 Å². The van der Waals surface area contributed by atoms with Crippen LogP contribution in [0.4, 0.5) is 0 Å². The van der Waals surface area contributed by atoms with Crippen LogP contribution >= 0.6 is 0 Å². The fourth-order valence-electron chi connectivity index (χ4n) is 3.67. The van der Waals surface area contributed by atoms with E-state index in [9.17, 15) is 14.4 Å². The largest absolute Gasteiger partial charge is 0.467 e. The molecule has 0 aromatic carbocycles. The van der Waals surface area contributed by atoms with Crippen LogP contribution < -0.4 is 0 Å². The highest BCUT2D eigenvalue weighted by Crippen LogP contribution is 2.35. The van der Waals surface area contributed by atoms with Crippen molar-refractivity contribution in [2.75, 3.05) is 20.2 Å². The van der Waals surface area contributed by atoms with Crippen LogP contribution in [0, 0.1) is 5.92 Å². The Hall–Kier alpha value is -2.38. The lowest BCUT2D eigenvalue weighted by Crippen LogP contribution is -2.45. The number of likely N-dealkylation sites (tertiary alicyclic amines) is 1. The predicted octanol–water partition coefficient (Wildman–Crippen LogP) is 1.00. The SMILES string of the molecule is CCCC(=O)N1CCC(C(=O)N2Cc3[nH]ncc3C2C(=O)OC)CC1. The van der Waals surface area contributed by atoms with Gasteiger partial charge in [-0.3, -0.25) is 14.7 Å². The summed E-state index contributed by atoms with van der Waals surface area (Å²) in [7, 11) is 1.32. The van der Waals surface area contributed by atoms with Crippen molar-refractivity contribution in [3.8, 4) is 0 Å². The first-order chi connectivity index (χ1) is 12.1. The van der Waals surface area contributed by atoms with Crippen LogP contribution in [0.25, 0.3) is 0 Å². The van der Waals surface area contributed by atoms with Gasteiger partial charge in [0.1, 0.15) is 0 Å². The molecule has 8 nitrogen and oxygen atoms in total. The highest BCUT2D eigenvalue weighted by atomic mass is 16.5. The third-order valence-electron chi connectivity index (χ3n) is 5.05. The molecule has 1 aromatic rings. The van der Waals surface area contributed by atoms with E-state index in [2.05, 4.69) is 10.2 Å². The number of amides is 2. The second kappa shape index (κ2) is 7.25. The molecule has 0 spiro atoms. The van der Waals surface area contributed by atoms with Gasteiger partial charge >= 0.3 is 5.97 Å². The number of nitrogens with one attached hydrogen (secondary N) is 1. The van der Waals surface area contributed by atoms with E-state index >= 15 is 0 Å². The van der Waals surface area contributed by atoms with Crippen LogP contribution in [-0.4, -0.2) is 58.0 Å². The number of esters is 1. The number of rotatable bonds is 4. The van der Waals surface area contributed by atoms with Crippen molar-refractivity contribution in [2.24, 2.45) is 5.92 Å². The lowest BCUT2D eigenvalue weighted by atomic mass is 9.94. The molecule has 1 unspecified atom stereocenters. The van der Waals surface area contributed by atoms with Crippen LogP contribution in [0.1, 0.15) is 49.9 Å². The topological polar surface area (TPSA) is 95.6 Å². The summed E-state index contributed by atoms with van der Waals surface area (Å²) in [5.74, 6) is -0.524. The number of aromatic nitrogens is 2. The van der Waals surface area contributed by atoms with Gasteiger partial charge in [0.25, 0.3) is 0 Å². The van der Waals surface area contributed by atoms with Gasteiger partial charge in [0.05, 0.1) is 25.5 Å². The van der Waals surface area contributed by atoms with Crippen LogP contribution in [0.15, 0.2) is 6.20 Å². The molecule has 2 aliphatic heterocycles. The number of hydrogen-bond donors (Lipinski definition) is 1. The minimum absolute atomic E-state index is 0.0532. The van der Waals surface area contributed by atoms with E-state index in [1.54, 1.807) is 11.1 Å². The highest BCUT2D eigenvalue weighted by molar-refractivity contribution is 5.88. The molecular weight excluding hydrogens is 324 g/mol. The lowest BCUT2D eigenvalue weighted by molar-refractivity contribution is -0.155. The van der Waals surface area contributed by atoms with E-state index in [0.717, 1.165) is 12.1 Å². The third-order valence-corrected chi connectivity index (χ3v) is 5.05. The van der Waals surface area contributed by atoms with E-state index in [1.807, 2.05) is 11.8 Å². The van der Waals surface area contributed by atoms with E-state index in [4.69, 9.17) is 4.74 Å². The van der Waals surface area contributed by atoms with Gasteiger partial charge in [-0.05, 0) is 19.3 Å². The fourth-order valence-corrected chi connectivity index (χ4v) is 3.67.